The van der Waals surface area contributed by atoms with E-state index >= 15 is 0 Å². The van der Waals surface area contributed by atoms with Crippen LogP contribution >= 0.6 is 0 Å². The van der Waals surface area contributed by atoms with Crippen LogP contribution in [0.25, 0.3) is 0 Å². The number of aromatic nitrogens is 2. The number of carboxylic acid groups (broad SMARTS) is 1. The number of imidazole rings is 1. The van der Waals surface area contributed by atoms with Gasteiger partial charge in [-0.3, -0.25) is 4.79 Å². The van der Waals surface area contributed by atoms with E-state index in [1.807, 2.05) is 20.8 Å². The van der Waals surface area contributed by atoms with Crippen molar-refractivity contribution in [3.63, 3.8) is 0 Å². The molecule has 0 saturated heterocycles. The number of hydrogen-bond donors (Lipinski definition) is 2. The standard InChI is InChI=1S/C9H14N2O2/c1-9(2,3)8-6(4-7(12)13)10-5-11-8/h5H,4H2,1-3H3,(H,10,11)(H,12,13). The maximum absolute atomic E-state index is 10.5. The van der Waals surface area contributed by atoms with E-state index < -0.39 is 5.97 Å². The Morgan fingerprint density at radius 2 is 2.23 bits per heavy atom. The molecule has 4 heteroatoms. The van der Waals surface area contributed by atoms with Crippen molar-refractivity contribution in [1.29, 1.82) is 0 Å². The number of hydrogen-bond acceptors (Lipinski definition) is 2. The van der Waals surface area contributed by atoms with Crippen LogP contribution in [0.15, 0.2) is 6.33 Å². The Kier molecular flexibility index (Phi) is 2.40. The molecule has 0 aliphatic rings. The van der Waals surface area contributed by atoms with Crippen LogP contribution in [0.1, 0.15) is 32.2 Å². The normalized spacial score (nSPS) is 11.6. The third kappa shape index (κ3) is 2.31. The van der Waals surface area contributed by atoms with Gasteiger partial charge in [-0.25, -0.2) is 4.98 Å². The number of carbonyl (C=O) groups is 1. The number of carboxylic acids is 1. The van der Waals surface area contributed by atoms with Gasteiger partial charge in [0.15, 0.2) is 0 Å². The van der Waals surface area contributed by atoms with Gasteiger partial charge in [0.2, 0.25) is 0 Å². The molecule has 0 atom stereocenters. The molecule has 2 N–H and O–H groups in total. The molecule has 1 heterocycles. The Hall–Kier alpha value is -1.32. The minimum Gasteiger partial charge on any atom is -0.481 e. The van der Waals surface area contributed by atoms with Gasteiger partial charge in [-0.05, 0) is 0 Å². The number of nitrogens with one attached hydrogen (secondary N) is 1. The molecule has 0 spiro atoms. The highest BCUT2D eigenvalue weighted by atomic mass is 16.4. The van der Waals surface area contributed by atoms with E-state index in [0.29, 0.717) is 5.69 Å². The van der Waals surface area contributed by atoms with Crippen molar-refractivity contribution in [3.8, 4) is 0 Å². The summed E-state index contributed by atoms with van der Waals surface area (Å²) in [5.74, 6) is -0.838. The van der Waals surface area contributed by atoms with Crippen molar-refractivity contribution in [2.45, 2.75) is 32.6 Å². The topological polar surface area (TPSA) is 66.0 Å². The Labute approximate surface area is 77.0 Å². The average Bonchev–Trinajstić information content (AvgIpc) is 2.31. The second-order valence-electron chi connectivity index (χ2n) is 4.05. The summed E-state index contributed by atoms with van der Waals surface area (Å²) in [5.41, 5.74) is 1.42. The summed E-state index contributed by atoms with van der Waals surface area (Å²) in [5, 5.41) is 8.63. The van der Waals surface area contributed by atoms with E-state index in [-0.39, 0.29) is 11.8 Å². The van der Waals surface area contributed by atoms with Crippen LogP contribution in [0.3, 0.4) is 0 Å². The smallest absolute Gasteiger partial charge is 0.309 e. The second-order valence-corrected chi connectivity index (χ2v) is 4.05. The number of rotatable bonds is 2. The largest absolute Gasteiger partial charge is 0.481 e. The van der Waals surface area contributed by atoms with Crippen molar-refractivity contribution in [3.05, 3.63) is 17.7 Å². The molecule has 13 heavy (non-hydrogen) atoms. The summed E-state index contributed by atoms with van der Waals surface area (Å²) in [6, 6.07) is 0. The first-order valence-electron chi connectivity index (χ1n) is 4.16. The Balaban J connectivity index is 2.96. The van der Waals surface area contributed by atoms with Crippen LogP contribution < -0.4 is 0 Å². The van der Waals surface area contributed by atoms with Gasteiger partial charge >= 0.3 is 5.97 Å². The van der Waals surface area contributed by atoms with E-state index in [1.165, 1.54) is 0 Å². The molecular weight excluding hydrogens is 168 g/mol. The molecule has 0 aromatic carbocycles. The molecule has 0 bridgehead atoms. The van der Waals surface area contributed by atoms with Crippen LogP contribution in [0.4, 0.5) is 0 Å². The molecule has 0 saturated carbocycles. The zero-order chi connectivity index (χ0) is 10.1. The Bertz CT molecular complexity index is 310. The lowest BCUT2D eigenvalue weighted by Crippen LogP contribution is -2.16. The Morgan fingerprint density at radius 1 is 1.62 bits per heavy atom. The molecule has 0 radical (unpaired) electrons. The summed E-state index contributed by atoms with van der Waals surface area (Å²) in [7, 11) is 0. The first kappa shape index (κ1) is 9.77. The van der Waals surface area contributed by atoms with Gasteiger partial charge < -0.3 is 10.1 Å². The van der Waals surface area contributed by atoms with Gasteiger partial charge in [-0.15, -0.1) is 0 Å². The fourth-order valence-electron chi connectivity index (χ4n) is 1.25. The lowest BCUT2D eigenvalue weighted by molar-refractivity contribution is -0.136. The summed E-state index contributed by atoms with van der Waals surface area (Å²) >= 11 is 0. The van der Waals surface area contributed by atoms with E-state index in [0.717, 1.165) is 5.69 Å². The summed E-state index contributed by atoms with van der Waals surface area (Å²) < 4.78 is 0. The van der Waals surface area contributed by atoms with Crippen molar-refractivity contribution in [2.75, 3.05) is 0 Å². The average molecular weight is 182 g/mol. The molecule has 0 fully saturated rings. The summed E-state index contributed by atoms with van der Waals surface area (Å²) in [6.45, 7) is 6.03. The van der Waals surface area contributed by atoms with E-state index in [4.69, 9.17) is 5.11 Å². The van der Waals surface area contributed by atoms with E-state index in [2.05, 4.69) is 9.97 Å². The van der Waals surface area contributed by atoms with Crippen LogP contribution in [-0.2, 0) is 16.6 Å². The van der Waals surface area contributed by atoms with Gasteiger partial charge in [0.05, 0.1) is 18.4 Å². The summed E-state index contributed by atoms with van der Waals surface area (Å²) in [4.78, 5) is 17.5. The quantitative estimate of drug-likeness (QED) is 0.725. The van der Waals surface area contributed by atoms with Gasteiger partial charge in [0, 0.05) is 11.1 Å². The molecule has 1 rings (SSSR count). The predicted molar refractivity (Wildman–Crippen MR) is 48.6 cm³/mol. The Morgan fingerprint density at radius 3 is 2.69 bits per heavy atom. The summed E-state index contributed by atoms with van der Waals surface area (Å²) in [6.07, 6.45) is 1.55. The van der Waals surface area contributed by atoms with Crippen molar-refractivity contribution >= 4 is 5.97 Å². The van der Waals surface area contributed by atoms with Crippen LogP contribution in [0, 0.1) is 0 Å². The highest BCUT2D eigenvalue weighted by Crippen LogP contribution is 2.22. The SMILES string of the molecule is CC(C)(C)c1nc[nH]c1CC(=O)O. The van der Waals surface area contributed by atoms with Gasteiger partial charge in [-0.2, -0.15) is 0 Å². The highest BCUT2D eigenvalue weighted by molar-refractivity contribution is 5.70. The van der Waals surface area contributed by atoms with Crippen molar-refractivity contribution < 1.29 is 9.90 Å². The molecule has 72 valence electrons. The predicted octanol–water partition coefficient (Wildman–Crippen LogP) is 1.33. The highest BCUT2D eigenvalue weighted by Gasteiger charge is 2.21. The zero-order valence-electron chi connectivity index (χ0n) is 8.09. The van der Waals surface area contributed by atoms with Crippen LogP contribution in [-0.4, -0.2) is 21.0 Å². The van der Waals surface area contributed by atoms with Crippen molar-refractivity contribution in [1.82, 2.24) is 9.97 Å². The zero-order valence-corrected chi connectivity index (χ0v) is 8.09. The molecule has 1 aromatic rings. The monoisotopic (exact) mass is 182 g/mol. The first-order chi connectivity index (χ1) is 5.91. The minimum absolute atomic E-state index is 0.00655. The molecule has 4 nitrogen and oxygen atoms in total. The van der Waals surface area contributed by atoms with E-state index in [9.17, 15) is 4.79 Å². The number of aromatic amines is 1. The lowest BCUT2D eigenvalue weighted by Gasteiger charge is -2.16. The van der Waals surface area contributed by atoms with Crippen LogP contribution in [0.5, 0.6) is 0 Å². The second kappa shape index (κ2) is 3.20. The molecular formula is C9H14N2O2. The van der Waals surface area contributed by atoms with Crippen molar-refractivity contribution in [2.24, 2.45) is 0 Å². The maximum Gasteiger partial charge on any atom is 0.309 e. The first-order valence-corrected chi connectivity index (χ1v) is 4.16. The number of nitrogens with zero attached hydrogens (tertiary/aromatic N) is 1. The number of aliphatic carboxylic acids is 1. The molecule has 0 amide bonds. The van der Waals surface area contributed by atoms with E-state index in [1.54, 1.807) is 6.33 Å². The third-order valence-corrected chi connectivity index (χ3v) is 1.76. The molecule has 0 unspecified atom stereocenters. The number of H-pyrrole nitrogens is 1. The fourth-order valence-corrected chi connectivity index (χ4v) is 1.25. The fraction of sp³-hybridized carbons (Fsp3) is 0.556. The van der Waals surface area contributed by atoms with Crippen LogP contribution in [0.2, 0.25) is 0 Å². The van der Waals surface area contributed by atoms with Gasteiger partial charge in [0.25, 0.3) is 0 Å². The molecule has 1 aromatic heterocycles. The maximum atomic E-state index is 10.5. The minimum atomic E-state index is -0.838. The lowest BCUT2D eigenvalue weighted by atomic mass is 9.90. The van der Waals surface area contributed by atoms with Gasteiger partial charge in [0.1, 0.15) is 0 Å². The molecule has 0 aliphatic heterocycles. The third-order valence-electron chi connectivity index (χ3n) is 1.76. The van der Waals surface area contributed by atoms with Gasteiger partial charge in [-0.1, -0.05) is 20.8 Å². The molecule has 0 aliphatic carbocycles.